The van der Waals surface area contributed by atoms with Crippen LogP contribution in [0.4, 0.5) is 18.9 Å². The van der Waals surface area contributed by atoms with Crippen molar-refractivity contribution in [1.82, 2.24) is 0 Å². The molecule has 0 bridgehead atoms. The largest absolute Gasteiger partial charge is 0.492 e. The molecule has 0 aliphatic carbocycles. The van der Waals surface area contributed by atoms with Crippen LogP contribution < -0.4 is 20.5 Å². The highest BCUT2D eigenvalue weighted by atomic mass is 32.2. The van der Waals surface area contributed by atoms with Gasteiger partial charge in [-0.1, -0.05) is 42.5 Å². The number of anilines is 1. The number of amidine groups is 1. The van der Waals surface area contributed by atoms with Gasteiger partial charge in [0.05, 0.1) is 17.5 Å². The van der Waals surface area contributed by atoms with E-state index in [2.05, 4.69) is 0 Å². The van der Waals surface area contributed by atoms with Gasteiger partial charge >= 0.3 is 18.1 Å². The summed E-state index contributed by atoms with van der Waals surface area (Å²) in [6.07, 6.45) is -5.32. The molecule has 0 spiro atoms. The Kier molecular flexibility index (Phi) is 12.1. The maximum Gasteiger partial charge on any atom is 0.490 e. The van der Waals surface area contributed by atoms with Crippen LogP contribution in [0.1, 0.15) is 19.4 Å². The highest BCUT2D eigenvalue weighted by Gasteiger charge is 2.38. The first-order chi connectivity index (χ1) is 20.0. The minimum atomic E-state index is -5.08. The second-order valence-corrected chi connectivity index (χ2v) is 10.7. The number of hydrogen-bond acceptors (Lipinski definition) is 8. The summed E-state index contributed by atoms with van der Waals surface area (Å²) in [5.41, 5.74) is 8.07. The molecule has 3 aromatic carbocycles. The Bertz CT molecular complexity index is 1530. The fraction of sp³-hybridized carbons (Fsp3) is 0.250. The van der Waals surface area contributed by atoms with Crippen LogP contribution in [0.5, 0.6) is 5.75 Å². The van der Waals surface area contributed by atoms with E-state index in [1.165, 1.54) is 6.07 Å². The van der Waals surface area contributed by atoms with Gasteiger partial charge in [-0.05, 0) is 49.7 Å². The molecule has 11 nitrogen and oxygen atoms in total. The van der Waals surface area contributed by atoms with Crippen molar-refractivity contribution in [2.24, 2.45) is 10.9 Å². The number of primary sulfonamides is 1. The van der Waals surface area contributed by atoms with E-state index in [4.69, 9.17) is 35.7 Å². The molecule has 232 valence electrons. The fourth-order valence-electron chi connectivity index (χ4n) is 3.58. The van der Waals surface area contributed by atoms with Gasteiger partial charge in [0.25, 0.3) is 0 Å². The number of carbonyl (C=O) groups excluding carboxylic acids is 1. The number of nitrogen functional groups attached to an aromatic ring is 1. The van der Waals surface area contributed by atoms with Crippen molar-refractivity contribution in [2.45, 2.75) is 31.0 Å². The number of halogens is 3. The summed E-state index contributed by atoms with van der Waals surface area (Å²) >= 11 is 0. The minimum absolute atomic E-state index is 0.00613. The van der Waals surface area contributed by atoms with E-state index < -0.39 is 22.2 Å². The van der Waals surface area contributed by atoms with Crippen LogP contribution >= 0.6 is 0 Å². The smallest absolute Gasteiger partial charge is 0.490 e. The van der Waals surface area contributed by atoms with Gasteiger partial charge in [-0.2, -0.15) is 13.2 Å². The van der Waals surface area contributed by atoms with Crippen LogP contribution in [0.25, 0.3) is 11.1 Å². The first-order valence-corrected chi connectivity index (χ1v) is 14.1. The van der Waals surface area contributed by atoms with Crippen molar-refractivity contribution in [3.63, 3.8) is 0 Å². The number of ether oxygens (including phenoxy) is 2. The van der Waals surface area contributed by atoms with Gasteiger partial charge in [0.2, 0.25) is 10.0 Å². The van der Waals surface area contributed by atoms with E-state index in [0.717, 1.165) is 0 Å². The standard InChI is InChI=1S/C26H30N4O5S.C2HF3O2/c1-18(2)35-25(31)17-30(21-7-5-6-20(16-21)26(27)28)14-15-34-22-12-10-19(11-13-22)23-8-3-4-9-24(23)36(29,32)33;3-2(4,5)1(6)7/h3-13,16,18H,14-15,17H2,1-2H3,(H3,27,28)(H2,29,32,33);(H,6,7). The zero-order chi connectivity index (χ0) is 32.4. The van der Waals surface area contributed by atoms with E-state index in [1.807, 2.05) is 6.07 Å². The molecule has 0 saturated carbocycles. The van der Waals surface area contributed by atoms with Crippen LogP contribution in [-0.4, -0.2) is 63.3 Å². The lowest BCUT2D eigenvalue weighted by Gasteiger charge is -2.25. The number of nitrogens with two attached hydrogens (primary N) is 2. The number of aliphatic carboxylic acids is 1. The predicted molar refractivity (Wildman–Crippen MR) is 153 cm³/mol. The number of rotatable bonds is 11. The number of nitrogens with one attached hydrogen (secondary N) is 1. The lowest BCUT2D eigenvalue weighted by Crippen LogP contribution is -2.35. The molecule has 6 N–H and O–H groups in total. The summed E-state index contributed by atoms with van der Waals surface area (Å²) < 4.78 is 66.7. The number of carboxylic acid groups (broad SMARTS) is 1. The number of alkyl halides is 3. The van der Waals surface area contributed by atoms with Crippen molar-refractivity contribution in [1.29, 1.82) is 5.41 Å². The third-order valence-corrected chi connectivity index (χ3v) is 6.41. The van der Waals surface area contributed by atoms with Crippen molar-refractivity contribution >= 4 is 33.5 Å². The molecular weight excluding hydrogens is 593 g/mol. The second kappa shape index (κ2) is 15.0. The Balaban J connectivity index is 0.000000821. The van der Waals surface area contributed by atoms with Gasteiger partial charge in [-0.3, -0.25) is 10.2 Å². The van der Waals surface area contributed by atoms with Crippen LogP contribution in [0.15, 0.2) is 77.7 Å². The van der Waals surface area contributed by atoms with Crippen molar-refractivity contribution in [2.75, 3.05) is 24.6 Å². The van der Waals surface area contributed by atoms with Gasteiger partial charge in [0.1, 0.15) is 24.7 Å². The van der Waals surface area contributed by atoms with Crippen LogP contribution in [-0.2, 0) is 24.3 Å². The molecular formula is C28H31F3N4O7S. The minimum Gasteiger partial charge on any atom is -0.492 e. The summed E-state index contributed by atoms with van der Waals surface area (Å²) in [5, 5.41) is 20.2. The Morgan fingerprint density at radius 1 is 1.02 bits per heavy atom. The molecule has 0 atom stereocenters. The topological polar surface area (TPSA) is 186 Å². The Morgan fingerprint density at radius 2 is 1.63 bits per heavy atom. The third-order valence-electron chi connectivity index (χ3n) is 5.44. The van der Waals surface area contributed by atoms with Gasteiger partial charge in [0.15, 0.2) is 0 Å². The summed E-state index contributed by atoms with van der Waals surface area (Å²) in [6.45, 7) is 4.20. The molecule has 3 aromatic rings. The Hall–Kier alpha value is -4.63. The van der Waals surface area contributed by atoms with Crippen molar-refractivity contribution in [3.8, 4) is 16.9 Å². The molecule has 0 unspecified atom stereocenters. The number of esters is 1. The number of sulfonamides is 1. The first kappa shape index (κ1) is 34.6. The summed E-state index contributed by atoms with van der Waals surface area (Å²) in [4.78, 5) is 23.1. The molecule has 0 aliphatic heterocycles. The second-order valence-electron chi connectivity index (χ2n) is 9.14. The molecule has 0 fully saturated rings. The fourth-order valence-corrected chi connectivity index (χ4v) is 4.34. The Morgan fingerprint density at radius 3 is 2.16 bits per heavy atom. The molecule has 0 aliphatic rings. The lowest BCUT2D eigenvalue weighted by molar-refractivity contribution is -0.192. The quantitative estimate of drug-likeness (QED) is 0.140. The van der Waals surface area contributed by atoms with Crippen LogP contribution in [0.2, 0.25) is 0 Å². The monoisotopic (exact) mass is 624 g/mol. The van der Waals surface area contributed by atoms with Gasteiger partial charge in [-0.25, -0.2) is 18.4 Å². The molecule has 0 heterocycles. The van der Waals surface area contributed by atoms with Gasteiger partial charge in [0, 0.05) is 16.8 Å². The molecule has 0 amide bonds. The molecule has 3 rings (SSSR count). The number of carboxylic acids is 1. The SMILES string of the molecule is CC(C)OC(=O)CN(CCOc1ccc(-c2ccccc2S(N)(=O)=O)cc1)c1cccc(C(=N)N)c1.O=C(O)C(F)(F)F. The van der Waals surface area contributed by atoms with Gasteiger partial charge in [-0.15, -0.1) is 0 Å². The van der Waals surface area contributed by atoms with Crippen molar-refractivity contribution in [3.05, 3.63) is 78.4 Å². The molecule has 0 radical (unpaired) electrons. The summed E-state index contributed by atoms with van der Waals surface area (Å²) in [7, 11) is -3.86. The van der Waals surface area contributed by atoms with E-state index >= 15 is 0 Å². The maximum absolute atomic E-state index is 12.3. The predicted octanol–water partition coefficient (Wildman–Crippen LogP) is 3.76. The number of benzene rings is 3. The van der Waals surface area contributed by atoms with Crippen molar-refractivity contribution < 1.29 is 45.8 Å². The molecule has 43 heavy (non-hydrogen) atoms. The number of carbonyl (C=O) groups is 2. The normalized spacial score (nSPS) is 11.2. The van der Waals surface area contributed by atoms with E-state index in [1.54, 1.807) is 79.4 Å². The summed E-state index contributed by atoms with van der Waals surface area (Å²) in [6, 6.07) is 20.6. The third kappa shape index (κ3) is 11.3. The highest BCUT2D eigenvalue weighted by molar-refractivity contribution is 7.89. The first-order valence-electron chi connectivity index (χ1n) is 12.5. The van der Waals surface area contributed by atoms with Crippen LogP contribution in [0, 0.1) is 5.41 Å². The average Bonchev–Trinajstić information content (AvgIpc) is 2.92. The maximum atomic E-state index is 12.3. The zero-order valence-electron chi connectivity index (χ0n) is 23.2. The molecule has 0 saturated heterocycles. The van der Waals surface area contributed by atoms with Gasteiger partial charge < -0.3 is 25.2 Å². The Labute approximate surface area is 246 Å². The van der Waals surface area contributed by atoms with E-state index in [9.17, 15) is 26.4 Å². The average molecular weight is 625 g/mol. The zero-order valence-corrected chi connectivity index (χ0v) is 24.0. The lowest BCUT2D eigenvalue weighted by atomic mass is 10.1. The van der Waals surface area contributed by atoms with Crippen LogP contribution in [0.3, 0.4) is 0 Å². The molecule has 15 heteroatoms. The van der Waals surface area contributed by atoms with E-state index in [0.29, 0.717) is 34.7 Å². The number of hydrogen-bond donors (Lipinski definition) is 4. The summed E-state index contributed by atoms with van der Waals surface area (Å²) in [5.74, 6) is -2.63. The number of nitrogens with zero attached hydrogens (tertiary/aromatic N) is 1. The highest BCUT2D eigenvalue weighted by Crippen LogP contribution is 2.28. The van der Waals surface area contributed by atoms with E-state index in [-0.39, 0.29) is 36.0 Å². The molecule has 0 aromatic heterocycles.